The number of methoxy groups -OCH3 is 1. The van der Waals surface area contributed by atoms with Gasteiger partial charge in [-0.3, -0.25) is 4.68 Å². The van der Waals surface area contributed by atoms with Crippen LogP contribution in [0.15, 0.2) is 12.4 Å². The topological polar surface area (TPSA) is 80.5 Å². The second kappa shape index (κ2) is 5.46. The molecule has 7 heteroatoms. The molecule has 0 spiro atoms. The Kier molecular flexibility index (Phi) is 3.89. The number of fused-ring (bicyclic) bond motifs is 1. The average molecular weight is 278 g/mol. The molecule has 108 valence electrons. The van der Waals surface area contributed by atoms with E-state index in [0.717, 1.165) is 5.39 Å². The number of likely N-dealkylation sites (N-methyl/N-ethyl adjacent to an activating group) is 1. The largest absolute Gasteiger partial charge is 0.478 e. The van der Waals surface area contributed by atoms with Crippen LogP contribution in [0.3, 0.4) is 0 Å². The van der Waals surface area contributed by atoms with Gasteiger partial charge in [0, 0.05) is 33.4 Å². The summed E-state index contributed by atoms with van der Waals surface area (Å²) in [6, 6.07) is 0.0314. The zero-order valence-corrected chi connectivity index (χ0v) is 12.0. The first-order chi connectivity index (χ1) is 9.47. The Morgan fingerprint density at radius 3 is 2.85 bits per heavy atom. The van der Waals surface area contributed by atoms with E-state index in [0.29, 0.717) is 17.9 Å². The minimum absolute atomic E-state index is 0.0314. The maximum absolute atomic E-state index is 11.4. The first-order valence-electron chi connectivity index (χ1n) is 6.23. The normalized spacial score (nSPS) is 12.6. The van der Waals surface area contributed by atoms with E-state index in [4.69, 9.17) is 4.74 Å². The second-order valence-electron chi connectivity index (χ2n) is 4.75. The van der Waals surface area contributed by atoms with E-state index in [-0.39, 0.29) is 11.6 Å². The highest BCUT2D eigenvalue weighted by Crippen LogP contribution is 2.29. The van der Waals surface area contributed by atoms with Crippen molar-refractivity contribution in [1.29, 1.82) is 0 Å². The third-order valence-electron chi connectivity index (χ3n) is 3.39. The lowest BCUT2D eigenvalue weighted by molar-refractivity contribution is 0.0697. The number of carbonyl (C=O) groups is 1. The molecule has 2 rings (SSSR count). The van der Waals surface area contributed by atoms with E-state index in [2.05, 4.69) is 10.1 Å². The van der Waals surface area contributed by atoms with Gasteiger partial charge in [0.25, 0.3) is 0 Å². The Balaban J connectivity index is 2.63. The number of aromatic nitrogens is 3. The van der Waals surface area contributed by atoms with E-state index < -0.39 is 5.97 Å². The SMILES string of the molecule is COCC(C)N(C)c1c(C(=O)O)cnc2c1cnn2C. The minimum Gasteiger partial charge on any atom is -0.478 e. The van der Waals surface area contributed by atoms with E-state index in [1.165, 1.54) is 6.20 Å². The van der Waals surface area contributed by atoms with Gasteiger partial charge < -0.3 is 14.7 Å². The summed E-state index contributed by atoms with van der Waals surface area (Å²) in [5, 5.41) is 14.2. The molecule has 0 amide bonds. The van der Waals surface area contributed by atoms with Crippen molar-refractivity contribution in [2.45, 2.75) is 13.0 Å². The van der Waals surface area contributed by atoms with Gasteiger partial charge in [0.15, 0.2) is 5.65 Å². The van der Waals surface area contributed by atoms with Crippen molar-refractivity contribution >= 4 is 22.7 Å². The summed E-state index contributed by atoms with van der Waals surface area (Å²) in [5.41, 5.74) is 1.43. The zero-order valence-electron chi connectivity index (χ0n) is 12.0. The van der Waals surface area contributed by atoms with Crippen molar-refractivity contribution < 1.29 is 14.6 Å². The number of hydrogen-bond acceptors (Lipinski definition) is 5. The van der Waals surface area contributed by atoms with Crippen molar-refractivity contribution in [2.75, 3.05) is 25.7 Å². The van der Waals surface area contributed by atoms with Gasteiger partial charge in [-0.2, -0.15) is 5.10 Å². The van der Waals surface area contributed by atoms with Crippen molar-refractivity contribution in [3.05, 3.63) is 18.0 Å². The summed E-state index contributed by atoms with van der Waals surface area (Å²) < 4.78 is 6.76. The van der Waals surface area contributed by atoms with Crippen molar-refractivity contribution in [3.8, 4) is 0 Å². The lowest BCUT2D eigenvalue weighted by atomic mass is 10.1. The molecule has 7 nitrogen and oxygen atoms in total. The number of rotatable bonds is 5. The lowest BCUT2D eigenvalue weighted by Gasteiger charge is -2.28. The lowest BCUT2D eigenvalue weighted by Crippen LogP contribution is -2.34. The first kappa shape index (κ1) is 14.3. The number of ether oxygens (including phenoxy) is 1. The van der Waals surface area contributed by atoms with E-state index in [1.807, 2.05) is 18.9 Å². The summed E-state index contributed by atoms with van der Waals surface area (Å²) in [4.78, 5) is 17.5. The van der Waals surface area contributed by atoms with Gasteiger partial charge in [0.05, 0.1) is 23.9 Å². The molecule has 1 unspecified atom stereocenters. The van der Waals surface area contributed by atoms with Crippen molar-refractivity contribution in [1.82, 2.24) is 14.8 Å². The fraction of sp³-hybridized carbons (Fsp3) is 0.462. The molecule has 2 aromatic rings. The highest BCUT2D eigenvalue weighted by molar-refractivity contribution is 6.03. The Bertz CT molecular complexity index is 638. The van der Waals surface area contributed by atoms with E-state index in [1.54, 1.807) is 25.0 Å². The highest BCUT2D eigenvalue weighted by Gasteiger charge is 2.22. The monoisotopic (exact) mass is 278 g/mol. The molecular weight excluding hydrogens is 260 g/mol. The number of pyridine rings is 1. The third-order valence-corrected chi connectivity index (χ3v) is 3.39. The minimum atomic E-state index is -1.00. The number of anilines is 1. The van der Waals surface area contributed by atoms with Gasteiger partial charge in [0.2, 0.25) is 0 Å². The fourth-order valence-corrected chi connectivity index (χ4v) is 2.19. The summed E-state index contributed by atoms with van der Waals surface area (Å²) in [7, 11) is 5.24. The molecule has 0 aliphatic carbocycles. The Hall–Kier alpha value is -2.15. The number of aromatic carboxylic acids is 1. The Morgan fingerprint density at radius 1 is 1.55 bits per heavy atom. The van der Waals surface area contributed by atoms with E-state index >= 15 is 0 Å². The van der Waals surface area contributed by atoms with Crippen LogP contribution < -0.4 is 4.90 Å². The van der Waals surface area contributed by atoms with Gasteiger partial charge in [-0.15, -0.1) is 0 Å². The molecule has 0 radical (unpaired) electrons. The molecule has 1 N–H and O–H groups in total. The fourth-order valence-electron chi connectivity index (χ4n) is 2.19. The van der Waals surface area contributed by atoms with Crippen LogP contribution in [0.4, 0.5) is 5.69 Å². The number of hydrogen-bond donors (Lipinski definition) is 1. The van der Waals surface area contributed by atoms with Crippen molar-refractivity contribution in [2.24, 2.45) is 7.05 Å². The number of carboxylic acids is 1. The molecule has 2 heterocycles. The Labute approximate surface area is 116 Å². The molecule has 1 atom stereocenters. The molecular formula is C13H18N4O3. The predicted octanol–water partition coefficient (Wildman–Crippen LogP) is 1.14. The quantitative estimate of drug-likeness (QED) is 0.883. The van der Waals surface area contributed by atoms with E-state index in [9.17, 15) is 9.90 Å². The summed E-state index contributed by atoms with van der Waals surface area (Å²) in [5.74, 6) is -1.00. The number of aryl methyl sites for hydroxylation is 1. The summed E-state index contributed by atoms with van der Waals surface area (Å²) in [6.45, 7) is 2.47. The predicted molar refractivity (Wildman–Crippen MR) is 75.2 cm³/mol. The summed E-state index contributed by atoms with van der Waals surface area (Å²) in [6.07, 6.45) is 3.01. The first-order valence-corrected chi connectivity index (χ1v) is 6.23. The van der Waals surface area contributed by atoms with Gasteiger partial charge in [-0.25, -0.2) is 9.78 Å². The molecule has 0 aliphatic heterocycles. The second-order valence-corrected chi connectivity index (χ2v) is 4.75. The third kappa shape index (κ3) is 2.32. The average Bonchev–Trinajstić information content (AvgIpc) is 2.79. The number of carboxylic acid groups (broad SMARTS) is 1. The van der Waals surface area contributed by atoms with Gasteiger partial charge in [-0.05, 0) is 6.92 Å². The Morgan fingerprint density at radius 2 is 2.25 bits per heavy atom. The standard InChI is InChI=1S/C13H18N4O3/c1-8(7-20-4)16(2)11-9-6-15-17(3)12(9)14-5-10(11)13(18)19/h5-6,8H,7H2,1-4H3,(H,18,19). The van der Waals surface area contributed by atoms with Crippen LogP contribution in [0, 0.1) is 0 Å². The van der Waals surface area contributed by atoms with Crippen LogP contribution in [0.25, 0.3) is 11.0 Å². The number of nitrogens with zero attached hydrogens (tertiary/aromatic N) is 4. The molecule has 0 aliphatic rings. The maximum atomic E-state index is 11.4. The van der Waals surface area contributed by atoms with Crippen LogP contribution in [0.1, 0.15) is 17.3 Å². The van der Waals surface area contributed by atoms with Crippen LogP contribution in [0.2, 0.25) is 0 Å². The van der Waals surface area contributed by atoms with Gasteiger partial charge in [0.1, 0.15) is 5.56 Å². The van der Waals surface area contributed by atoms with Gasteiger partial charge >= 0.3 is 5.97 Å². The highest BCUT2D eigenvalue weighted by atomic mass is 16.5. The van der Waals surface area contributed by atoms with Crippen molar-refractivity contribution in [3.63, 3.8) is 0 Å². The van der Waals surface area contributed by atoms with Crippen LogP contribution in [-0.2, 0) is 11.8 Å². The molecule has 0 bridgehead atoms. The maximum Gasteiger partial charge on any atom is 0.339 e. The van der Waals surface area contributed by atoms with Crippen LogP contribution in [-0.4, -0.2) is 52.6 Å². The molecule has 0 saturated heterocycles. The van der Waals surface area contributed by atoms with Gasteiger partial charge in [-0.1, -0.05) is 0 Å². The smallest absolute Gasteiger partial charge is 0.339 e. The van der Waals surface area contributed by atoms with Crippen LogP contribution in [0.5, 0.6) is 0 Å². The molecule has 0 fully saturated rings. The molecule has 20 heavy (non-hydrogen) atoms. The van der Waals surface area contributed by atoms with Crippen LogP contribution >= 0.6 is 0 Å². The molecule has 0 aromatic carbocycles. The molecule has 0 saturated carbocycles. The summed E-state index contributed by atoms with van der Waals surface area (Å²) >= 11 is 0. The molecule has 2 aromatic heterocycles. The zero-order chi connectivity index (χ0) is 14.9.